The summed E-state index contributed by atoms with van der Waals surface area (Å²) in [5.41, 5.74) is 9.42. The smallest absolute Gasteiger partial charge is 0.237 e. The molecule has 2 aromatic carbocycles. The molecule has 4 N–H and O–H groups in total. The Hall–Kier alpha value is -3.36. The normalized spacial score (nSPS) is 14.8. The van der Waals surface area contributed by atoms with E-state index in [1.807, 2.05) is 54.6 Å². The van der Waals surface area contributed by atoms with Crippen LogP contribution in [0.1, 0.15) is 11.1 Å². The van der Waals surface area contributed by atoms with Crippen LogP contribution in [0.25, 0.3) is 5.57 Å². The molecular weight excluding hydrogens is 506 g/mol. The molecule has 7 nitrogen and oxygen atoms in total. The van der Waals surface area contributed by atoms with Crippen LogP contribution in [0.2, 0.25) is 0 Å². The number of hydrogen-bond acceptors (Lipinski definition) is 7. The number of nitrogens with two attached hydrogens (primary N) is 1. The van der Waals surface area contributed by atoms with E-state index in [9.17, 15) is 0 Å². The second-order valence-electron chi connectivity index (χ2n) is 7.77. The Balaban J connectivity index is 0.000000497. The number of anilines is 1. The predicted octanol–water partition coefficient (Wildman–Crippen LogP) is 4.54. The molecule has 4 rings (SSSR count). The van der Waals surface area contributed by atoms with Gasteiger partial charge in [0, 0.05) is 47.8 Å². The number of nitrogens with one attached hydrogen (secondary N) is 2. The van der Waals surface area contributed by atoms with Gasteiger partial charge in [-0.2, -0.15) is 0 Å². The Labute approximate surface area is 215 Å². The first-order valence-electron chi connectivity index (χ1n) is 11.4. The number of hydrogen-bond donors (Lipinski definition) is 3. The largest absolute Gasteiger partial charge is 0.496 e. The number of pyridine rings is 1. The fraction of sp³-hybridized carbons (Fsp3) is 0.259. The van der Waals surface area contributed by atoms with Crippen molar-refractivity contribution in [1.82, 2.24) is 10.3 Å². The summed E-state index contributed by atoms with van der Waals surface area (Å²) in [6, 6.07) is 20.1. The molecule has 1 aliphatic heterocycles. The molecule has 8 heteroatoms. The van der Waals surface area contributed by atoms with E-state index in [4.69, 9.17) is 15.2 Å². The molecule has 0 bridgehead atoms. The minimum atomic E-state index is 0.00869. The predicted molar refractivity (Wildman–Crippen MR) is 147 cm³/mol. The van der Waals surface area contributed by atoms with Crippen molar-refractivity contribution in [3.05, 3.63) is 88.7 Å². The van der Waals surface area contributed by atoms with Crippen LogP contribution in [0.3, 0.4) is 0 Å². The van der Waals surface area contributed by atoms with Gasteiger partial charge in [0.15, 0.2) is 0 Å². The topological polar surface area (TPSA) is 93.8 Å². The summed E-state index contributed by atoms with van der Waals surface area (Å²) in [7, 11) is 3.40. The van der Waals surface area contributed by atoms with Crippen molar-refractivity contribution >= 4 is 33.4 Å². The second kappa shape index (κ2) is 14.1. The van der Waals surface area contributed by atoms with E-state index >= 15 is 0 Å². The maximum absolute atomic E-state index is 6.02. The zero-order valence-corrected chi connectivity index (χ0v) is 21.7. The highest BCUT2D eigenvalue weighted by molar-refractivity contribution is 9.10. The summed E-state index contributed by atoms with van der Waals surface area (Å²) in [5.74, 6) is 1.50. The first-order valence-corrected chi connectivity index (χ1v) is 12.2. The number of allylic oxidation sites excluding steroid dienone is 1. The van der Waals surface area contributed by atoms with Gasteiger partial charge in [-0.1, -0.05) is 58.4 Å². The number of rotatable bonds is 8. The van der Waals surface area contributed by atoms with E-state index in [1.54, 1.807) is 26.6 Å². The maximum atomic E-state index is 6.02. The molecule has 3 aromatic rings. The molecule has 1 atom stereocenters. The zero-order chi connectivity index (χ0) is 24.9. The van der Waals surface area contributed by atoms with Crippen LogP contribution in [0.4, 0.5) is 5.69 Å². The molecule has 1 aliphatic rings. The third-order valence-corrected chi connectivity index (χ3v) is 5.78. The maximum Gasteiger partial charge on any atom is 0.237 e. The van der Waals surface area contributed by atoms with Gasteiger partial charge in [-0.05, 0) is 36.7 Å². The van der Waals surface area contributed by atoms with Crippen molar-refractivity contribution in [3.8, 4) is 11.6 Å². The van der Waals surface area contributed by atoms with E-state index < -0.39 is 0 Å². The van der Waals surface area contributed by atoms with E-state index in [1.165, 1.54) is 11.8 Å². The van der Waals surface area contributed by atoms with Gasteiger partial charge in [-0.3, -0.25) is 4.99 Å². The minimum absolute atomic E-state index is 0.00869. The number of ether oxygens (including phenoxy) is 2. The summed E-state index contributed by atoms with van der Waals surface area (Å²) in [4.78, 5) is 8.45. The van der Waals surface area contributed by atoms with Crippen molar-refractivity contribution in [3.63, 3.8) is 0 Å². The molecule has 0 amide bonds. The van der Waals surface area contributed by atoms with Gasteiger partial charge in [0.1, 0.15) is 11.9 Å². The summed E-state index contributed by atoms with van der Waals surface area (Å²) in [6.45, 7) is 2.26. The number of fused-ring (bicyclic) bond motifs is 1. The van der Waals surface area contributed by atoms with Crippen molar-refractivity contribution in [2.24, 2.45) is 10.7 Å². The van der Waals surface area contributed by atoms with Crippen LogP contribution in [-0.4, -0.2) is 51.1 Å². The van der Waals surface area contributed by atoms with Gasteiger partial charge in [0.05, 0.1) is 19.3 Å². The summed E-state index contributed by atoms with van der Waals surface area (Å²) < 4.78 is 12.5. The molecule has 0 aliphatic carbocycles. The average Bonchev–Trinajstić information content (AvgIpc) is 2.91. The van der Waals surface area contributed by atoms with Gasteiger partial charge in [0.2, 0.25) is 5.88 Å². The van der Waals surface area contributed by atoms with Crippen LogP contribution < -0.4 is 25.8 Å². The third-order valence-electron chi connectivity index (χ3n) is 5.29. The molecule has 0 spiro atoms. The number of methoxy groups -OCH3 is 1. The van der Waals surface area contributed by atoms with E-state index in [-0.39, 0.29) is 6.10 Å². The van der Waals surface area contributed by atoms with E-state index in [0.29, 0.717) is 12.4 Å². The molecule has 0 saturated carbocycles. The molecule has 2 heterocycles. The molecule has 35 heavy (non-hydrogen) atoms. The monoisotopic (exact) mass is 537 g/mol. The number of nitrogens with zero attached hydrogens (tertiary/aromatic N) is 2. The highest BCUT2D eigenvalue weighted by atomic mass is 79.9. The lowest BCUT2D eigenvalue weighted by Crippen LogP contribution is -2.40. The molecule has 0 fully saturated rings. The van der Waals surface area contributed by atoms with Gasteiger partial charge < -0.3 is 25.8 Å². The second-order valence-corrected chi connectivity index (χ2v) is 8.69. The van der Waals surface area contributed by atoms with Gasteiger partial charge in [0.25, 0.3) is 0 Å². The summed E-state index contributed by atoms with van der Waals surface area (Å²) >= 11 is 3.47. The van der Waals surface area contributed by atoms with Gasteiger partial charge >= 0.3 is 0 Å². The van der Waals surface area contributed by atoms with E-state index in [0.717, 1.165) is 46.6 Å². The lowest BCUT2D eigenvalue weighted by atomic mass is 10.1. The van der Waals surface area contributed by atoms with Crippen LogP contribution >= 0.6 is 15.9 Å². The first kappa shape index (κ1) is 26.2. The number of halogens is 1. The molecule has 0 saturated heterocycles. The Morgan fingerprint density at radius 3 is 2.66 bits per heavy atom. The molecular formula is C27H32BrN5O2. The van der Waals surface area contributed by atoms with Crippen molar-refractivity contribution in [2.75, 3.05) is 39.1 Å². The summed E-state index contributed by atoms with van der Waals surface area (Å²) in [5, 5.41) is 6.84. The molecule has 0 radical (unpaired) electrons. The van der Waals surface area contributed by atoms with Crippen LogP contribution in [0.15, 0.2) is 82.5 Å². The van der Waals surface area contributed by atoms with Crippen LogP contribution in [0, 0.1) is 0 Å². The number of benzene rings is 2. The SMILES string of the molecule is CN=C/C(=C\N)c1cnc2c(c1)NCC(CNCCc1ccc(Br)cc1OC)O2.c1ccccc1. The standard InChI is InChI=1S/C21H26BrN5O2.C6H6/c1-24-10-16(9-23)15-7-19-21(27-11-15)29-18(13-26-19)12-25-6-5-14-3-4-17(22)8-20(14)28-2;1-2-4-6-5-3-1/h3-4,7-11,18,25-26H,5-6,12-13,23H2,1-2H3;1-6H/b16-9+,24-10?;. The number of aliphatic imine (C=N–C) groups is 1. The average molecular weight is 538 g/mol. The van der Waals surface area contributed by atoms with Crippen LogP contribution in [0.5, 0.6) is 11.6 Å². The first-order chi connectivity index (χ1) is 17.1. The number of aromatic nitrogens is 1. The third kappa shape index (κ3) is 8.12. The molecule has 1 aromatic heterocycles. The molecule has 184 valence electrons. The van der Waals surface area contributed by atoms with Crippen molar-refractivity contribution in [1.29, 1.82) is 0 Å². The van der Waals surface area contributed by atoms with Gasteiger partial charge in [-0.25, -0.2) is 4.98 Å². The highest BCUT2D eigenvalue weighted by Crippen LogP contribution is 2.29. The quantitative estimate of drug-likeness (QED) is 0.288. The Morgan fingerprint density at radius 1 is 1.26 bits per heavy atom. The molecule has 1 unspecified atom stereocenters. The lowest BCUT2D eigenvalue weighted by Gasteiger charge is -2.27. The minimum Gasteiger partial charge on any atom is -0.496 e. The Bertz CT molecular complexity index is 1100. The Kier molecular flexibility index (Phi) is 10.6. The van der Waals surface area contributed by atoms with Gasteiger partial charge in [-0.15, -0.1) is 0 Å². The zero-order valence-electron chi connectivity index (χ0n) is 20.1. The summed E-state index contributed by atoms with van der Waals surface area (Å²) in [6.07, 6.45) is 5.86. The van der Waals surface area contributed by atoms with Crippen molar-refractivity contribution < 1.29 is 9.47 Å². The highest BCUT2D eigenvalue weighted by Gasteiger charge is 2.21. The lowest BCUT2D eigenvalue weighted by molar-refractivity contribution is 0.194. The fourth-order valence-corrected chi connectivity index (χ4v) is 3.86. The van der Waals surface area contributed by atoms with E-state index in [2.05, 4.69) is 42.6 Å². The van der Waals surface area contributed by atoms with Crippen molar-refractivity contribution in [2.45, 2.75) is 12.5 Å². The van der Waals surface area contributed by atoms with Crippen LogP contribution in [-0.2, 0) is 6.42 Å². The Morgan fingerprint density at radius 2 is 2.00 bits per heavy atom. The fourth-order valence-electron chi connectivity index (χ4n) is 3.52.